The molecule has 1 saturated heterocycles. The molecule has 0 aliphatic carbocycles. The monoisotopic (exact) mass is 334 g/mol. The summed E-state index contributed by atoms with van der Waals surface area (Å²) in [5, 5.41) is 5.90. The molecule has 1 fully saturated rings. The minimum absolute atomic E-state index is 0.0837. The Morgan fingerprint density at radius 3 is 3.06 bits per heavy atom. The highest BCUT2D eigenvalue weighted by atomic mass is 127. The molecule has 0 radical (unpaired) electrons. The third-order valence-electron chi connectivity index (χ3n) is 2.40. The van der Waals surface area contributed by atoms with E-state index in [1.165, 1.54) is 6.33 Å². The molecule has 0 bridgehead atoms. The molecule has 1 unspecified atom stereocenters. The third kappa shape index (κ3) is 2.52. The van der Waals surface area contributed by atoms with Crippen LogP contribution in [0.3, 0.4) is 0 Å². The Morgan fingerprint density at radius 1 is 1.56 bits per heavy atom. The fraction of sp³-hybridized carbons (Fsp3) is 0.444. The van der Waals surface area contributed by atoms with Crippen LogP contribution in [0.2, 0.25) is 0 Å². The van der Waals surface area contributed by atoms with E-state index < -0.39 is 0 Å². The molecule has 0 aromatic carbocycles. The molecule has 7 heteroatoms. The summed E-state index contributed by atoms with van der Waals surface area (Å²) in [6, 6.07) is 0.129. The van der Waals surface area contributed by atoms with E-state index in [0.717, 1.165) is 6.42 Å². The summed E-state index contributed by atoms with van der Waals surface area (Å²) in [6.07, 6.45) is 2.76. The SMILES string of the molecule is O=C1CCC(CNc2nc[nH]c(=O)c2I)N1. The van der Waals surface area contributed by atoms with E-state index in [1.54, 1.807) is 0 Å². The molecule has 0 spiro atoms. The van der Waals surface area contributed by atoms with Crippen molar-refractivity contribution >= 4 is 34.3 Å². The van der Waals surface area contributed by atoms with Crippen molar-refractivity contribution in [3.05, 3.63) is 20.3 Å². The van der Waals surface area contributed by atoms with Crippen LogP contribution in [0.4, 0.5) is 5.82 Å². The van der Waals surface area contributed by atoms with Gasteiger partial charge < -0.3 is 15.6 Å². The van der Waals surface area contributed by atoms with Crippen LogP contribution >= 0.6 is 22.6 Å². The van der Waals surface area contributed by atoms with Gasteiger partial charge in [0.25, 0.3) is 5.56 Å². The molecule has 0 saturated carbocycles. The summed E-state index contributed by atoms with van der Waals surface area (Å²) in [5.41, 5.74) is -0.159. The fourth-order valence-corrected chi connectivity index (χ4v) is 2.04. The van der Waals surface area contributed by atoms with Gasteiger partial charge in [-0.1, -0.05) is 0 Å². The van der Waals surface area contributed by atoms with Crippen molar-refractivity contribution in [1.82, 2.24) is 15.3 Å². The largest absolute Gasteiger partial charge is 0.367 e. The van der Waals surface area contributed by atoms with Gasteiger partial charge in [-0.15, -0.1) is 0 Å². The molecule has 1 aromatic heterocycles. The van der Waals surface area contributed by atoms with E-state index in [1.807, 2.05) is 22.6 Å². The molecule has 6 nitrogen and oxygen atoms in total. The van der Waals surface area contributed by atoms with Gasteiger partial charge in [-0.05, 0) is 29.0 Å². The second kappa shape index (κ2) is 4.81. The van der Waals surface area contributed by atoms with Crippen molar-refractivity contribution in [2.75, 3.05) is 11.9 Å². The van der Waals surface area contributed by atoms with Crippen molar-refractivity contribution in [2.24, 2.45) is 0 Å². The van der Waals surface area contributed by atoms with E-state index in [-0.39, 0.29) is 17.5 Å². The van der Waals surface area contributed by atoms with Crippen LogP contribution in [0.1, 0.15) is 12.8 Å². The quantitative estimate of drug-likeness (QED) is 0.683. The number of hydrogen-bond acceptors (Lipinski definition) is 4. The Balaban J connectivity index is 1.97. The number of aromatic amines is 1. The second-order valence-electron chi connectivity index (χ2n) is 3.58. The highest BCUT2D eigenvalue weighted by Crippen LogP contribution is 2.11. The Hall–Kier alpha value is -1.12. The first-order valence-corrected chi connectivity index (χ1v) is 6.01. The second-order valence-corrected chi connectivity index (χ2v) is 4.66. The Morgan fingerprint density at radius 2 is 2.38 bits per heavy atom. The Labute approximate surface area is 105 Å². The number of halogens is 1. The summed E-state index contributed by atoms with van der Waals surface area (Å²) >= 11 is 1.94. The minimum atomic E-state index is -0.159. The molecule has 1 aliphatic rings. The number of anilines is 1. The normalized spacial score (nSPS) is 19.6. The number of carbonyl (C=O) groups excluding carboxylic acids is 1. The first-order valence-electron chi connectivity index (χ1n) is 4.93. The maximum atomic E-state index is 11.3. The van der Waals surface area contributed by atoms with Crippen LogP contribution in [0.15, 0.2) is 11.1 Å². The van der Waals surface area contributed by atoms with Crippen molar-refractivity contribution in [2.45, 2.75) is 18.9 Å². The summed E-state index contributed by atoms with van der Waals surface area (Å²) in [7, 11) is 0. The average molecular weight is 334 g/mol. The van der Waals surface area contributed by atoms with Crippen molar-refractivity contribution in [1.29, 1.82) is 0 Å². The van der Waals surface area contributed by atoms with E-state index >= 15 is 0 Å². The summed E-state index contributed by atoms with van der Waals surface area (Å²) in [5.74, 6) is 0.644. The smallest absolute Gasteiger partial charge is 0.266 e. The molecule has 1 atom stereocenters. The number of nitrogens with zero attached hydrogens (tertiary/aromatic N) is 1. The maximum absolute atomic E-state index is 11.3. The fourth-order valence-electron chi connectivity index (χ4n) is 1.56. The lowest BCUT2D eigenvalue weighted by Crippen LogP contribution is -2.32. The highest BCUT2D eigenvalue weighted by molar-refractivity contribution is 14.1. The lowest BCUT2D eigenvalue weighted by molar-refractivity contribution is -0.119. The molecule has 1 aliphatic heterocycles. The predicted octanol–water partition coefficient (Wildman–Crippen LogP) is 0.0650. The Kier molecular flexibility index (Phi) is 3.42. The zero-order valence-corrected chi connectivity index (χ0v) is 10.6. The topological polar surface area (TPSA) is 86.9 Å². The number of nitrogens with one attached hydrogen (secondary N) is 3. The van der Waals surface area contributed by atoms with Crippen LogP contribution in [0.25, 0.3) is 0 Å². The first kappa shape index (κ1) is 11.4. The van der Waals surface area contributed by atoms with E-state index in [9.17, 15) is 9.59 Å². The van der Waals surface area contributed by atoms with E-state index in [4.69, 9.17) is 0 Å². The van der Waals surface area contributed by atoms with Gasteiger partial charge in [0.15, 0.2) is 0 Å². The van der Waals surface area contributed by atoms with E-state index in [2.05, 4.69) is 20.6 Å². The molecule has 2 rings (SSSR count). The predicted molar refractivity (Wildman–Crippen MR) is 67.2 cm³/mol. The molecular weight excluding hydrogens is 323 g/mol. The van der Waals surface area contributed by atoms with Gasteiger partial charge in [0.1, 0.15) is 9.39 Å². The van der Waals surface area contributed by atoms with Gasteiger partial charge in [-0.2, -0.15) is 0 Å². The van der Waals surface area contributed by atoms with Gasteiger partial charge in [0.2, 0.25) is 5.91 Å². The minimum Gasteiger partial charge on any atom is -0.367 e. The number of aromatic nitrogens is 2. The van der Waals surface area contributed by atoms with Gasteiger partial charge in [0.05, 0.1) is 6.33 Å². The number of amides is 1. The van der Waals surface area contributed by atoms with Crippen LogP contribution in [0.5, 0.6) is 0 Å². The number of carbonyl (C=O) groups is 1. The molecule has 1 aromatic rings. The van der Waals surface area contributed by atoms with Crippen LogP contribution in [-0.2, 0) is 4.79 Å². The number of hydrogen-bond donors (Lipinski definition) is 3. The van der Waals surface area contributed by atoms with Gasteiger partial charge in [-0.25, -0.2) is 4.98 Å². The lowest BCUT2D eigenvalue weighted by atomic mass is 10.2. The third-order valence-corrected chi connectivity index (χ3v) is 3.40. The maximum Gasteiger partial charge on any atom is 0.266 e. The van der Waals surface area contributed by atoms with Gasteiger partial charge in [-0.3, -0.25) is 9.59 Å². The van der Waals surface area contributed by atoms with Crippen molar-refractivity contribution in [3.8, 4) is 0 Å². The molecule has 16 heavy (non-hydrogen) atoms. The lowest BCUT2D eigenvalue weighted by Gasteiger charge is -2.12. The molecule has 86 valence electrons. The molecule has 3 N–H and O–H groups in total. The Bertz CT molecular complexity index is 459. The number of H-pyrrole nitrogens is 1. The summed E-state index contributed by atoms with van der Waals surface area (Å²) < 4.78 is 0.532. The molecular formula is C9H11IN4O2. The van der Waals surface area contributed by atoms with Crippen molar-refractivity contribution < 1.29 is 4.79 Å². The van der Waals surface area contributed by atoms with Crippen LogP contribution < -0.4 is 16.2 Å². The van der Waals surface area contributed by atoms with Gasteiger partial charge >= 0.3 is 0 Å². The zero-order valence-electron chi connectivity index (χ0n) is 8.42. The van der Waals surface area contributed by atoms with Crippen LogP contribution in [-0.4, -0.2) is 28.5 Å². The zero-order chi connectivity index (χ0) is 11.5. The average Bonchev–Trinajstić information content (AvgIpc) is 2.67. The first-order chi connectivity index (χ1) is 7.66. The molecule has 2 heterocycles. The summed E-state index contributed by atoms with van der Waals surface area (Å²) in [6.45, 7) is 0.595. The van der Waals surface area contributed by atoms with Crippen LogP contribution in [0, 0.1) is 3.57 Å². The highest BCUT2D eigenvalue weighted by Gasteiger charge is 2.20. The van der Waals surface area contributed by atoms with Gasteiger partial charge in [0, 0.05) is 19.0 Å². The molecule has 1 amide bonds. The number of rotatable bonds is 3. The summed E-state index contributed by atoms with van der Waals surface area (Å²) in [4.78, 5) is 28.8. The standard InChI is InChI=1S/C9H11IN4O2/c10-7-8(12-4-13-9(7)16)11-3-5-1-2-6(15)14-5/h4-5H,1-3H2,(H,14,15)(H2,11,12,13,16). The van der Waals surface area contributed by atoms with Crippen molar-refractivity contribution in [3.63, 3.8) is 0 Å². The van der Waals surface area contributed by atoms with E-state index in [0.29, 0.717) is 22.4 Å².